The van der Waals surface area contributed by atoms with Gasteiger partial charge in [0.1, 0.15) is 5.75 Å². The first kappa shape index (κ1) is 24.4. The van der Waals surface area contributed by atoms with E-state index in [1.54, 1.807) is 31.2 Å². The van der Waals surface area contributed by atoms with Crippen LogP contribution in [0.4, 0.5) is 24.5 Å². The fourth-order valence-electron chi connectivity index (χ4n) is 3.31. The molecule has 3 rings (SSSR count). The summed E-state index contributed by atoms with van der Waals surface area (Å²) < 4.78 is 44.5. The van der Waals surface area contributed by atoms with E-state index in [4.69, 9.17) is 16.3 Å². The third-order valence-electron chi connectivity index (χ3n) is 4.98. The van der Waals surface area contributed by atoms with Crippen LogP contribution in [0.1, 0.15) is 18.9 Å². The Morgan fingerprint density at radius 3 is 2.61 bits per heavy atom. The van der Waals surface area contributed by atoms with E-state index in [9.17, 15) is 27.6 Å². The van der Waals surface area contributed by atoms with Crippen LogP contribution in [0.25, 0.3) is 0 Å². The Labute approximate surface area is 193 Å². The topological polar surface area (TPSA) is 79.0 Å². The van der Waals surface area contributed by atoms with Gasteiger partial charge >= 0.3 is 6.18 Å². The first-order chi connectivity index (χ1) is 15.5. The predicted molar refractivity (Wildman–Crippen MR) is 116 cm³/mol. The first-order valence-corrected chi connectivity index (χ1v) is 10.3. The van der Waals surface area contributed by atoms with Crippen LogP contribution in [0.15, 0.2) is 42.5 Å². The Kier molecular flexibility index (Phi) is 7.16. The number of alkyl halides is 3. The van der Waals surface area contributed by atoms with Crippen molar-refractivity contribution in [2.24, 2.45) is 0 Å². The van der Waals surface area contributed by atoms with Crippen LogP contribution in [0.3, 0.4) is 0 Å². The number of carbonyl (C=O) groups excluding carboxylic acids is 3. The normalized spacial score (nSPS) is 15.5. The highest BCUT2D eigenvalue weighted by molar-refractivity contribution is 6.31. The zero-order valence-electron chi connectivity index (χ0n) is 17.8. The predicted octanol–water partition coefficient (Wildman–Crippen LogP) is 3.96. The average molecular weight is 484 g/mol. The molecule has 2 aromatic carbocycles. The van der Waals surface area contributed by atoms with Gasteiger partial charge in [-0.1, -0.05) is 23.7 Å². The summed E-state index contributed by atoms with van der Waals surface area (Å²) in [5.74, 6) is -0.847. The van der Waals surface area contributed by atoms with Crippen LogP contribution in [-0.2, 0) is 20.6 Å². The molecule has 0 fully saturated rings. The molecule has 1 unspecified atom stereocenters. The number of fused-ring (bicyclic) bond motifs is 1. The molecule has 1 aliphatic heterocycles. The van der Waals surface area contributed by atoms with Gasteiger partial charge in [0.25, 0.3) is 5.91 Å². The number of para-hydroxylation sites is 2. The molecule has 0 saturated heterocycles. The Morgan fingerprint density at radius 2 is 1.91 bits per heavy atom. The zero-order valence-corrected chi connectivity index (χ0v) is 18.5. The lowest BCUT2D eigenvalue weighted by Gasteiger charge is -2.33. The number of ether oxygens (including phenoxy) is 1. The van der Waals surface area contributed by atoms with E-state index < -0.39 is 34.7 Å². The minimum Gasteiger partial charge on any atom is -0.479 e. The van der Waals surface area contributed by atoms with E-state index in [-0.39, 0.29) is 31.1 Å². The largest absolute Gasteiger partial charge is 0.479 e. The fraction of sp³-hybridized carbons (Fsp3) is 0.318. The minimum atomic E-state index is -4.67. The third kappa shape index (κ3) is 5.75. The number of hydrogen-bond acceptors (Lipinski definition) is 4. The summed E-state index contributed by atoms with van der Waals surface area (Å²) in [7, 11) is 1.39. The Hall–Kier alpha value is -3.27. The molecule has 0 spiro atoms. The fourth-order valence-corrected chi connectivity index (χ4v) is 3.54. The molecule has 2 aromatic rings. The van der Waals surface area contributed by atoms with Gasteiger partial charge in [0, 0.05) is 25.7 Å². The van der Waals surface area contributed by atoms with Crippen LogP contribution >= 0.6 is 11.6 Å². The number of amides is 3. The van der Waals surface area contributed by atoms with Gasteiger partial charge in [-0.25, -0.2) is 0 Å². The molecule has 7 nitrogen and oxygen atoms in total. The molecule has 1 N–H and O–H groups in total. The molecule has 11 heteroatoms. The average Bonchev–Trinajstić information content (AvgIpc) is 2.74. The molecule has 1 heterocycles. The summed E-state index contributed by atoms with van der Waals surface area (Å²) in [4.78, 5) is 39.8. The molecule has 0 aliphatic carbocycles. The van der Waals surface area contributed by atoms with Gasteiger partial charge < -0.3 is 19.9 Å². The Bertz CT molecular complexity index is 1080. The molecular formula is C22H21ClF3N3O4. The summed E-state index contributed by atoms with van der Waals surface area (Å²) in [5, 5.41) is 1.84. The molecule has 0 saturated carbocycles. The molecule has 0 aromatic heterocycles. The third-order valence-corrected chi connectivity index (χ3v) is 5.31. The first-order valence-electron chi connectivity index (χ1n) is 9.95. The van der Waals surface area contributed by atoms with Gasteiger partial charge in [-0.3, -0.25) is 14.4 Å². The van der Waals surface area contributed by atoms with E-state index in [1.165, 1.54) is 18.0 Å². The van der Waals surface area contributed by atoms with Crippen molar-refractivity contribution in [1.82, 2.24) is 4.90 Å². The molecule has 1 aliphatic rings. The van der Waals surface area contributed by atoms with Gasteiger partial charge in [-0.05, 0) is 37.3 Å². The Morgan fingerprint density at radius 1 is 1.21 bits per heavy atom. The van der Waals surface area contributed by atoms with Gasteiger partial charge in [0.05, 0.1) is 22.8 Å². The molecule has 33 heavy (non-hydrogen) atoms. The monoisotopic (exact) mass is 483 g/mol. The van der Waals surface area contributed by atoms with Gasteiger partial charge in [0.2, 0.25) is 11.8 Å². The number of nitrogens with zero attached hydrogens (tertiary/aromatic N) is 2. The summed E-state index contributed by atoms with van der Waals surface area (Å²) in [5.41, 5.74) is -0.616. The molecular weight excluding hydrogens is 463 g/mol. The quantitative estimate of drug-likeness (QED) is 0.674. The molecule has 3 amide bonds. The second-order valence-electron chi connectivity index (χ2n) is 7.46. The summed E-state index contributed by atoms with van der Waals surface area (Å²) in [6.45, 7) is 1.32. The standard InChI is InChI=1S/C22H21ClF3N3O4/c1-13-21(32)29(17-5-3-4-6-18(17)33-13)10-9-20(31)28(2)12-19(30)27-14-7-8-16(23)15(11-14)22(24,25)26/h3-8,11,13H,9-10,12H2,1-2H3,(H,27,30). The van der Waals surface area contributed by atoms with Crippen molar-refractivity contribution in [2.45, 2.75) is 25.6 Å². The number of likely N-dealkylation sites (N-methyl/N-ethyl adjacent to an activating group) is 1. The number of hydrogen-bond donors (Lipinski definition) is 1. The minimum absolute atomic E-state index is 0.0598. The van der Waals surface area contributed by atoms with Crippen LogP contribution in [-0.4, -0.2) is 48.9 Å². The second-order valence-corrected chi connectivity index (χ2v) is 7.87. The number of benzene rings is 2. The van der Waals surface area contributed by atoms with Crippen LogP contribution in [0, 0.1) is 0 Å². The Balaban J connectivity index is 1.58. The van der Waals surface area contributed by atoms with Crippen molar-refractivity contribution < 1.29 is 32.3 Å². The lowest BCUT2D eigenvalue weighted by molar-refractivity contribution is -0.137. The zero-order chi connectivity index (χ0) is 24.3. The maximum absolute atomic E-state index is 13.0. The smallest absolute Gasteiger partial charge is 0.417 e. The second kappa shape index (κ2) is 9.70. The lowest BCUT2D eigenvalue weighted by atomic mass is 10.1. The van der Waals surface area contributed by atoms with Crippen molar-refractivity contribution in [3.05, 3.63) is 53.1 Å². The highest BCUT2D eigenvalue weighted by Crippen LogP contribution is 2.36. The van der Waals surface area contributed by atoms with E-state index >= 15 is 0 Å². The van der Waals surface area contributed by atoms with E-state index in [0.717, 1.165) is 17.0 Å². The van der Waals surface area contributed by atoms with E-state index in [0.29, 0.717) is 11.4 Å². The van der Waals surface area contributed by atoms with Gasteiger partial charge in [-0.15, -0.1) is 0 Å². The maximum atomic E-state index is 13.0. The number of carbonyl (C=O) groups is 3. The molecule has 0 radical (unpaired) electrons. The number of nitrogens with one attached hydrogen (secondary N) is 1. The summed E-state index contributed by atoms with van der Waals surface area (Å²) in [6, 6.07) is 9.96. The summed E-state index contributed by atoms with van der Waals surface area (Å²) in [6.07, 6.45) is -5.42. The van der Waals surface area contributed by atoms with Gasteiger partial charge in [-0.2, -0.15) is 13.2 Å². The summed E-state index contributed by atoms with van der Waals surface area (Å²) >= 11 is 5.57. The van der Waals surface area contributed by atoms with Crippen LogP contribution < -0.4 is 15.0 Å². The molecule has 1 atom stereocenters. The number of halogens is 4. The van der Waals surface area contributed by atoms with E-state index in [2.05, 4.69) is 5.32 Å². The number of anilines is 2. The van der Waals surface area contributed by atoms with E-state index in [1.807, 2.05) is 0 Å². The molecule has 176 valence electrons. The van der Waals surface area contributed by atoms with Crippen LogP contribution in [0.2, 0.25) is 5.02 Å². The molecule has 0 bridgehead atoms. The van der Waals surface area contributed by atoms with Crippen molar-refractivity contribution in [3.63, 3.8) is 0 Å². The lowest BCUT2D eigenvalue weighted by Crippen LogP contribution is -2.46. The van der Waals surface area contributed by atoms with Crippen molar-refractivity contribution in [1.29, 1.82) is 0 Å². The van der Waals surface area contributed by atoms with Crippen molar-refractivity contribution in [3.8, 4) is 5.75 Å². The van der Waals surface area contributed by atoms with Crippen LogP contribution in [0.5, 0.6) is 5.75 Å². The number of rotatable bonds is 6. The SMILES string of the molecule is CC1Oc2ccccc2N(CCC(=O)N(C)CC(=O)Nc2ccc(Cl)c(C(F)(F)F)c2)C1=O. The highest BCUT2D eigenvalue weighted by atomic mass is 35.5. The van der Waals surface area contributed by atoms with Gasteiger partial charge in [0.15, 0.2) is 6.10 Å². The highest BCUT2D eigenvalue weighted by Gasteiger charge is 2.34. The van der Waals surface area contributed by atoms with Crippen molar-refractivity contribution >= 4 is 40.7 Å². The maximum Gasteiger partial charge on any atom is 0.417 e. The van der Waals surface area contributed by atoms with Crippen molar-refractivity contribution in [2.75, 3.05) is 30.4 Å².